The molecule has 2 aromatic rings. The second-order valence-electron chi connectivity index (χ2n) is 21.0. The molecule has 9 N–H and O–H groups in total. The molecule has 1 radical (unpaired) electrons. The van der Waals surface area contributed by atoms with Gasteiger partial charge in [0.1, 0.15) is 29.5 Å². The van der Waals surface area contributed by atoms with Crippen LogP contribution in [0.5, 0.6) is 0 Å². The van der Waals surface area contributed by atoms with Crippen molar-refractivity contribution in [2.24, 2.45) is 0 Å². The topological polar surface area (TPSA) is 369 Å². The van der Waals surface area contributed by atoms with Gasteiger partial charge in [-0.3, -0.25) is 48.4 Å². The molecule has 3 atom stereocenters. The van der Waals surface area contributed by atoms with Gasteiger partial charge in [0, 0.05) is 147 Å². The largest absolute Gasteiger partial charge is 0.481 e. The molecule has 1 unspecified atom stereocenters. The number of hydrogen-bond acceptors (Lipinski definition) is 18. The molecule has 27 nitrogen and oxygen atoms in total. The summed E-state index contributed by atoms with van der Waals surface area (Å²) in [6.07, 6.45) is 7.07. The fourth-order valence-corrected chi connectivity index (χ4v) is 9.73. The Morgan fingerprint density at radius 1 is 0.561 bits per heavy atom. The monoisotopic (exact) mass is 1320 g/mol. The first-order chi connectivity index (χ1) is 38.6. The number of rotatable bonds is 34. The summed E-state index contributed by atoms with van der Waals surface area (Å²) in [4.78, 5) is 133. The number of carbonyl (C=O) groups excluding carboxylic acids is 3. The Hall–Kier alpha value is -5.71. The number of aryl methyl sites for hydroxylation is 1. The van der Waals surface area contributed by atoms with Gasteiger partial charge in [-0.25, -0.2) is 19.4 Å². The van der Waals surface area contributed by atoms with Crippen LogP contribution in [0.4, 0.5) is 10.7 Å². The van der Waals surface area contributed by atoms with Crippen molar-refractivity contribution in [2.75, 3.05) is 117 Å². The quantitative estimate of drug-likeness (QED) is 0.0438. The molecule has 0 spiro atoms. The molecule has 2 aliphatic heterocycles. The van der Waals surface area contributed by atoms with Crippen molar-refractivity contribution < 1.29 is 111 Å². The number of ketones is 1. The van der Waals surface area contributed by atoms with Crippen molar-refractivity contribution >= 4 is 59.5 Å². The molecule has 28 heteroatoms. The predicted octanol–water partition coefficient (Wildman–Crippen LogP) is 0.820. The number of amides is 3. The van der Waals surface area contributed by atoms with Gasteiger partial charge < -0.3 is 56.4 Å². The van der Waals surface area contributed by atoms with Crippen LogP contribution < -0.4 is 20.9 Å². The third kappa shape index (κ3) is 29.0. The number of likely N-dealkylation sites (N-methyl/N-ethyl adjacent to an activating group) is 1. The van der Waals surface area contributed by atoms with Gasteiger partial charge in [-0.05, 0) is 70.0 Å². The molecule has 1 aromatic heterocycles. The van der Waals surface area contributed by atoms with Crippen LogP contribution in [-0.2, 0) is 57.6 Å². The minimum Gasteiger partial charge on any atom is -0.481 e. The van der Waals surface area contributed by atoms with E-state index < -0.39 is 66.4 Å². The number of urea groups is 1. The molecule has 2 fully saturated rings. The van der Waals surface area contributed by atoms with Crippen molar-refractivity contribution in [1.29, 1.82) is 0 Å². The fraction of sp³-hybridized carbons (Fsp3) is 0.667. The Morgan fingerprint density at radius 3 is 1.70 bits per heavy atom. The summed E-state index contributed by atoms with van der Waals surface area (Å²) in [6.45, 7) is 6.38. The van der Waals surface area contributed by atoms with Crippen molar-refractivity contribution in [3.8, 4) is 0 Å². The number of nitrogens with one attached hydrogen (secondary N) is 3. The summed E-state index contributed by atoms with van der Waals surface area (Å²) < 4.78 is 0. The summed E-state index contributed by atoms with van der Waals surface area (Å²) in [7, 11) is 2.08. The molecule has 3 heterocycles. The van der Waals surface area contributed by atoms with Crippen LogP contribution in [0.25, 0.3) is 0 Å². The Balaban J connectivity index is 0.0000176. The van der Waals surface area contributed by atoms with E-state index in [0.717, 1.165) is 69.4 Å². The number of nitrogens with zero attached hydrogens (tertiary/aromatic N) is 9. The van der Waals surface area contributed by atoms with Gasteiger partial charge >= 0.3 is 41.8 Å². The number of aliphatic carboxylic acids is 6. The number of unbranched alkanes of at least 4 members (excludes halogenated alkanes) is 6. The van der Waals surface area contributed by atoms with Crippen LogP contribution in [0, 0.1) is 36.9 Å². The molecule has 2 aliphatic rings. The van der Waals surface area contributed by atoms with Gasteiger partial charge in [-0.2, -0.15) is 9.97 Å². The van der Waals surface area contributed by atoms with Gasteiger partial charge in [-0.1, -0.05) is 49.9 Å². The average molecular weight is 1320 g/mol. The van der Waals surface area contributed by atoms with E-state index in [1.54, 1.807) is 9.80 Å². The van der Waals surface area contributed by atoms with Gasteiger partial charge in [0.15, 0.2) is 0 Å². The molecule has 1 aromatic carbocycles. The van der Waals surface area contributed by atoms with Crippen LogP contribution in [0.1, 0.15) is 107 Å². The second kappa shape index (κ2) is 38.2. The Morgan fingerprint density at radius 2 is 1.10 bits per heavy atom. The number of piperazine rings is 1. The third-order valence-electron chi connectivity index (χ3n) is 14.2. The zero-order valence-electron chi connectivity index (χ0n) is 47.1. The van der Waals surface area contributed by atoms with E-state index >= 15 is 0 Å². The number of anilines is 1. The molecule has 4 rings (SSSR count). The van der Waals surface area contributed by atoms with E-state index in [1.165, 1.54) is 6.92 Å². The summed E-state index contributed by atoms with van der Waals surface area (Å²) in [6, 6.07) is 3.65. The number of benzene rings is 1. The maximum Gasteiger partial charge on any atom is 0.326 e. The van der Waals surface area contributed by atoms with Gasteiger partial charge in [-0.15, -0.1) is 0 Å². The molecule has 2 saturated heterocycles. The Bertz CT molecular complexity index is 2380. The first-order valence-corrected chi connectivity index (χ1v) is 27.9. The normalized spacial score (nSPS) is 17.0. The molecular weight excluding hydrogens is 1230 g/mol. The van der Waals surface area contributed by atoms with Crippen molar-refractivity contribution in [1.82, 2.24) is 55.4 Å². The van der Waals surface area contributed by atoms with Gasteiger partial charge in [0.25, 0.3) is 0 Å². The first-order valence-electron chi connectivity index (χ1n) is 27.9. The van der Waals surface area contributed by atoms with Crippen LogP contribution >= 0.6 is 0 Å². The van der Waals surface area contributed by atoms with Gasteiger partial charge in [0.2, 0.25) is 11.9 Å². The molecule has 0 aliphatic carbocycles. The van der Waals surface area contributed by atoms with E-state index in [4.69, 9.17) is 20.1 Å². The summed E-state index contributed by atoms with van der Waals surface area (Å²) in [5.74, 6) is -5.33. The second-order valence-corrected chi connectivity index (χ2v) is 21.0. The van der Waals surface area contributed by atoms with E-state index in [1.807, 2.05) is 34.1 Å². The van der Waals surface area contributed by atoms with Crippen molar-refractivity contribution in [2.45, 2.75) is 121 Å². The molecule has 0 saturated carbocycles. The summed E-state index contributed by atoms with van der Waals surface area (Å²) in [5, 5.41) is 64.3. The number of carbonyl (C=O) groups is 9. The standard InChI is InChI=1S/C54H84N12O15.Lu/c1-38(67)33-62-23-24-63(35-48(71)72)25-26-64(36-49(73)74)34-41(66(30-27-62)37-50(75)76)31-39-14-16-40(17-15-39)32-45-58-44(59-53(60-45)65-28-21-61(2)22-29-65)12-7-5-3-4-6-8-13-46(68)55-20-10-9-11-42(51(77)78)56-54(81)57-43(52(79)80)18-19-47(69)70;/h14-17,41-43H,3-13,18-37H2,1-2H3,(H,55,68)(H,69,70)(H,71,72)(H,73,74)(H,75,76)(H,77,78)(H,79,80)(H2,56,57,81);/t41?,42-,43-;/m0./s1. The number of carboxylic acid groups (broad SMARTS) is 6. The number of carboxylic acids is 6. The molecule has 0 bridgehead atoms. The van der Waals surface area contributed by atoms with Crippen LogP contribution in [0.15, 0.2) is 24.3 Å². The number of aromatic nitrogens is 3. The van der Waals surface area contributed by atoms with Gasteiger partial charge in [0.05, 0.1) is 26.2 Å². The average Bonchev–Trinajstić information content (AvgIpc) is 3.39. The zero-order chi connectivity index (χ0) is 59.3. The fourth-order valence-electron chi connectivity index (χ4n) is 9.73. The van der Waals surface area contributed by atoms with Crippen molar-refractivity contribution in [3.63, 3.8) is 0 Å². The summed E-state index contributed by atoms with van der Waals surface area (Å²) in [5.41, 5.74) is 1.86. The molecule has 3 amide bonds. The Kier molecular flexibility index (Phi) is 32.9. The SMILES string of the molecule is CC(=O)CN1CCN(CC(=O)O)CCN(CC(=O)O)CC(Cc2ccc(Cc3nc(CCCCCCCCC(=O)NCCCC[C@H](NC(=O)N[C@@H](CCC(=O)O)C(=O)O)C(=O)O)nc(N4CCN(C)CC4)n3)cc2)N(CC(=O)O)CC1.[Lu]. The van der Waals surface area contributed by atoms with E-state index in [-0.39, 0.29) is 114 Å². The van der Waals surface area contributed by atoms with Crippen molar-refractivity contribution in [3.05, 3.63) is 47.0 Å². The molecular formula is C54H84LuN12O15. The third-order valence-corrected chi connectivity index (χ3v) is 14.2. The zero-order valence-corrected chi connectivity index (χ0v) is 48.8. The minimum absolute atomic E-state index is 0. The van der Waals surface area contributed by atoms with E-state index in [0.29, 0.717) is 88.7 Å². The van der Waals surface area contributed by atoms with Crippen LogP contribution in [0.2, 0.25) is 0 Å². The van der Waals surface area contributed by atoms with E-state index in [2.05, 4.69) is 32.8 Å². The summed E-state index contributed by atoms with van der Waals surface area (Å²) >= 11 is 0. The number of hydrogen-bond donors (Lipinski definition) is 9. The Labute approximate surface area is 507 Å². The molecule has 465 valence electrons. The predicted molar refractivity (Wildman–Crippen MR) is 295 cm³/mol. The molecule has 82 heavy (non-hydrogen) atoms. The smallest absolute Gasteiger partial charge is 0.326 e. The number of Topliss-reactive ketones (excluding diaryl/α,β-unsaturated/α-hetero) is 1. The van der Waals surface area contributed by atoms with E-state index in [9.17, 15) is 68.7 Å². The first kappa shape index (κ1) is 70.6. The maximum atomic E-state index is 12.5. The van der Waals surface area contributed by atoms with Crippen LogP contribution in [0.3, 0.4) is 0 Å². The minimum atomic E-state index is -1.50. The van der Waals surface area contributed by atoms with Crippen LogP contribution in [-0.4, -0.2) is 254 Å². The maximum absolute atomic E-state index is 12.5.